The Labute approximate surface area is 115 Å². The minimum absolute atomic E-state index is 0.236. The number of hydrogen-bond donors (Lipinski definition) is 2. The van der Waals surface area contributed by atoms with Crippen LogP contribution in [-0.2, 0) is 12.8 Å². The predicted octanol–water partition coefficient (Wildman–Crippen LogP) is 3.31. The van der Waals surface area contributed by atoms with Gasteiger partial charge in [-0.2, -0.15) is 0 Å². The molecular weight excluding hydrogens is 234 g/mol. The van der Waals surface area contributed by atoms with Crippen LogP contribution in [-0.4, -0.2) is 15.5 Å². The summed E-state index contributed by atoms with van der Waals surface area (Å²) in [7, 11) is 0. The summed E-state index contributed by atoms with van der Waals surface area (Å²) in [5.74, 6) is 0.945. The Balaban J connectivity index is 2.13. The summed E-state index contributed by atoms with van der Waals surface area (Å²) in [6.45, 7) is 6.22. The molecule has 1 aromatic heterocycles. The molecule has 0 unspecified atom stereocenters. The molecule has 0 aliphatic heterocycles. The molecule has 3 nitrogen and oxygen atoms in total. The number of aromatic amines is 1. The number of aryl methyl sites for hydroxylation is 1. The number of imidazole rings is 1. The Morgan fingerprint density at radius 3 is 2.47 bits per heavy atom. The van der Waals surface area contributed by atoms with Crippen molar-refractivity contribution in [2.24, 2.45) is 5.73 Å². The highest BCUT2D eigenvalue weighted by molar-refractivity contribution is 5.58. The van der Waals surface area contributed by atoms with Crippen molar-refractivity contribution in [3.8, 4) is 11.3 Å². The van der Waals surface area contributed by atoms with Gasteiger partial charge in [0.2, 0.25) is 0 Å². The fourth-order valence-corrected chi connectivity index (χ4v) is 2.17. The third-order valence-electron chi connectivity index (χ3n) is 3.06. The monoisotopic (exact) mass is 257 g/mol. The fraction of sp³-hybridized carbons (Fsp3) is 0.438. The van der Waals surface area contributed by atoms with Gasteiger partial charge in [0.05, 0.1) is 11.9 Å². The van der Waals surface area contributed by atoms with Crippen LogP contribution in [0.4, 0.5) is 0 Å². The Kier molecular flexibility index (Phi) is 4.05. The van der Waals surface area contributed by atoms with Crippen LogP contribution in [0.15, 0.2) is 30.5 Å². The van der Waals surface area contributed by atoms with Gasteiger partial charge in [-0.1, -0.05) is 37.6 Å². The molecule has 1 heterocycles. The minimum Gasteiger partial charge on any atom is -0.342 e. The SMILES string of the molecule is CCCc1ccc(-c2cnc(CC(C)(C)N)[nH]2)cc1. The average Bonchev–Trinajstić information content (AvgIpc) is 2.76. The first-order chi connectivity index (χ1) is 8.98. The molecule has 0 atom stereocenters. The van der Waals surface area contributed by atoms with Gasteiger partial charge < -0.3 is 10.7 Å². The van der Waals surface area contributed by atoms with Gasteiger partial charge in [0, 0.05) is 12.0 Å². The van der Waals surface area contributed by atoms with E-state index in [0.29, 0.717) is 0 Å². The molecule has 102 valence electrons. The van der Waals surface area contributed by atoms with E-state index in [1.807, 2.05) is 20.0 Å². The highest BCUT2D eigenvalue weighted by atomic mass is 14.9. The van der Waals surface area contributed by atoms with Crippen LogP contribution in [0.5, 0.6) is 0 Å². The van der Waals surface area contributed by atoms with Crippen molar-refractivity contribution in [1.82, 2.24) is 9.97 Å². The van der Waals surface area contributed by atoms with Crippen molar-refractivity contribution in [1.29, 1.82) is 0 Å². The van der Waals surface area contributed by atoms with Gasteiger partial charge in [0.1, 0.15) is 5.82 Å². The van der Waals surface area contributed by atoms with E-state index in [4.69, 9.17) is 5.73 Å². The van der Waals surface area contributed by atoms with E-state index in [-0.39, 0.29) is 5.54 Å². The highest BCUT2D eigenvalue weighted by Crippen LogP contribution is 2.19. The molecule has 1 aromatic carbocycles. The van der Waals surface area contributed by atoms with Gasteiger partial charge in [0.15, 0.2) is 0 Å². The molecule has 2 rings (SSSR count). The summed E-state index contributed by atoms with van der Waals surface area (Å²) < 4.78 is 0. The molecule has 2 aromatic rings. The average molecular weight is 257 g/mol. The maximum atomic E-state index is 6.01. The smallest absolute Gasteiger partial charge is 0.108 e. The molecular formula is C16H23N3. The first-order valence-corrected chi connectivity index (χ1v) is 6.90. The van der Waals surface area contributed by atoms with Crippen LogP contribution in [0.3, 0.4) is 0 Å². The first kappa shape index (κ1) is 13.8. The van der Waals surface area contributed by atoms with Crippen LogP contribution >= 0.6 is 0 Å². The van der Waals surface area contributed by atoms with Crippen LogP contribution in [0.1, 0.15) is 38.6 Å². The molecule has 0 amide bonds. The van der Waals surface area contributed by atoms with Crippen molar-refractivity contribution in [2.75, 3.05) is 0 Å². The third-order valence-corrected chi connectivity index (χ3v) is 3.06. The molecule has 0 fully saturated rings. The van der Waals surface area contributed by atoms with Gasteiger partial charge in [0.25, 0.3) is 0 Å². The van der Waals surface area contributed by atoms with Crippen molar-refractivity contribution in [2.45, 2.75) is 45.6 Å². The number of nitrogens with one attached hydrogen (secondary N) is 1. The van der Waals surface area contributed by atoms with Gasteiger partial charge >= 0.3 is 0 Å². The van der Waals surface area contributed by atoms with E-state index in [1.54, 1.807) is 0 Å². The van der Waals surface area contributed by atoms with Crippen LogP contribution < -0.4 is 5.73 Å². The minimum atomic E-state index is -0.236. The summed E-state index contributed by atoms with van der Waals surface area (Å²) >= 11 is 0. The molecule has 0 aliphatic carbocycles. The van der Waals surface area contributed by atoms with Crippen LogP contribution in [0.2, 0.25) is 0 Å². The van der Waals surface area contributed by atoms with Crippen molar-refractivity contribution >= 4 is 0 Å². The lowest BCUT2D eigenvalue weighted by Crippen LogP contribution is -2.34. The molecule has 3 N–H and O–H groups in total. The van der Waals surface area contributed by atoms with Crippen molar-refractivity contribution in [3.05, 3.63) is 41.9 Å². The van der Waals surface area contributed by atoms with Crippen molar-refractivity contribution in [3.63, 3.8) is 0 Å². The third kappa shape index (κ3) is 3.93. The number of benzene rings is 1. The standard InChI is InChI=1S/C16H23N3/c1-4-5-12-6-8-13(9-7-12)14-11-18-15(19-14)10-16(2,3)17/h6-9,11H,4-5,10,17H2,1-3H3,(H,18,19). The second kappa shape index (κ2) is 5.57. The molecule has 19 heavy (non-hydrogen) atoms. The summed E-state index contributed by atoms with van der Waals surface area (Å²) in [6, 6.07) is 8.67. The molecule has 0 saturated carbocycles. The van der Waals surface area contributed by atoms with Crippen LogP contribution in [0.25, 0.3) is 11.3 Å². The first-order valence-electron chi connectivity index (χ1n) is 6.90. The quantitative estimate of drug-likeness (QED) is 0.863. The van der Waals surface area contributed by atoms with E-state index in [2.05, 4.69) is 41.2 Å². The maximum absolute atomic E-state index is 6.01. The van der Waals surface area contributed by atoms with Gasteiger partial charge in [-0.15, -0.1) is 0 Å². The number of nitrogens with two attached hydrogens (primary N) is 1. The lowest BCUT2D eigenvalue weighted by atomic mass is 10.0. The molecule has 0 aliphatic rings. The molecule has 0 spiro atoms. The van der Waals surface area contributed by atoms with Gasteiger partial charge in [-0.3, -0.25) is 0 Å². The zero-order valence-corrected chi connectivity index (χ0v) is 12.0. The number of H-pyrrole nitrogens is 1. The molecule has 0 saturated heterocycles. The van der Waals surface area contributed by atoms with Gasteiger partial charge in [-0.25, -0.2) is 4.98 Å². The Morgan fingerprint density at radius 1 is 1.21 bits per heavy atom. The predicted molar refractivity (Wildman–Crippen MR) is 80.0 cm³/mol. The largest absolute Gasteiger partial charge is 0.342 e. The maximum Gasteiger partial charge on any atom is 0.108 e. The number of hydrogen-bond acceptors (Lipinski definition) is 2. The second-order valence-electron chi connectivity index (χ2n) is 5.86. The Morgan fingerprint density at radius 2 is 1.89 bits per heavy atom. The number of rotatable bonds is 5. The molecule has 3 heteroatoms. The summed E-state index contributed by atoms with van der Waals surface area (Å²) in [4.78, 5) is 7.75. The normalized spacial score (nSPS) is 11.8. The van der Waals surface area contributed by atoms with E-state index in [9.17, 15) is 0 Å². The van der Waals surface area contributed by atoms with E-state index < -0.39 is 0 Å². The molecule has 0 radical (unpaired) electrons. The Bertz CT molecular complexity index is 518. The van der Waals surface area contributed by atoms with Gasteiger partial charge in [-0.05, 0) is 31.4 Å². The lowest BCUT2D eigenvalue weighted by molar-refractivity contribution is 0.505. The van der Waals surface area contributed by atoms with E-state index in [0.717, 1.165) is 24.4 Å². The number of nitrogens with zero attached hydrogens (tertiary/aromatic N) is 1. The zero-order chi connectivity index (χ0) is 13.9. The van der Waals surface area contributed by atoms with Crippen LogP contribution in [0, 0.1) is 0 Å². The van der Waals surface area contributed by atoms with Crippen molar-refractivity contribution < 1.29 is 0 Å². The lowest BCUT2D eigenvalue weighted by Gasteiger charge is -2.15. The van der Waals surface area contributed by atoms with E-state index >= 15 is 0 Å². The Hall–Kier alpha value is -1.61. The second-order valence-corrected chi connectivity index (χ2v) is 5.86. The summed E-state index contributed by atoms with van der Waals surface area (Å²) in [5.41, 5.74) is 9.39. The summed E-state index contributed by atoms with van der Waals surface area (Å²) in [5, 5.41) is 0. The fourth-order valence-electron chi connectivity index (χ4n) is 2.17. The summed E-state index contributed by atoms with van der Waals surface area (Å²) in [6.07, 6.45) is 4.95. The number of aromatic nitrogens is 2. The highest BCUT2D eigenvalue weighted by Gasteiger charge is 2.14. The zero-order valence-electron chi connectivity index (χ0n) is 12.0. The van der Waals surface area contributed by atoms with E-state index in [1.165, 1.54) is 17.5 Å². The topological polar surface area (TPSA) is 54.7 Å². The molecule has 0 bridgehead atoms.